The van der Waals surface area contributed by atoms with Gasteiger partial charge in [-0.3, -0.25) is 0 Å². The van der Waals surface area contributed by atoms with Crippen LogP contribution in [-0.4, -0.2) is 27.6 Å². The van der Waals surface area contributed by atoms with Gasteiger partial charge in [0.25, 0.3) is 8.32 Å². The Morgan fingerprint density at radius 1 is 0.926 bits per heavy atom. The molecule has 0 radical (unpaired) electrons. The zero-order valence-corrected chi connectivity index (χ0v) is 18.1. The monoisotopic (exact) mass is 382 g/mol. The van der Waals surface area contributed by atoms with Crippen LogP contribution in [0, 0.1) is 0 Å². The van der Waals surface area contributed by atoms with E-state index in [0.29, 0.717) is 6.10 Å². The van der Waals surface area contributed by atoms with Crippen molar-refractivity contribution in [1.82, 2.24) is 0 Å². The van der Waals surface area contributed by atoms with Crippen molar-refractivity contribution in [3.05, 3.63) is 60.7 Å². The first-order valence-electron chi connectivity index (χ1n) is 10.4. The highest BCUT2D eigenvalue weighted by molar-refractivity contribution is 6.99. The molecular formula is C24H34O2Si. The van der Waals surface area contributed by atoms with Crippen LogP contribution in [0.5, 0.6) is 0 Å². The summed E-state index contributed by atoms with van der Waals surface area (Å²) < 4.78 is 12.7. The number of rotatable bonds is 8. The summed E-state index contributed by atoms with van der Waals surface area (Å²) in [6, 6.07) is 21.8. The molecule has 0 saturated carbocycles. The third kappa shape index (κ3) is 4.71. The van der Waals surface area contributed by atoms with Gasteiger partial charge in [-0.25, -0.2) is 0 Å². The Morgan fingerprint density at radius 3 is 2.00 bits per heavy atom. The molecule has 0 aliphatic carbocycles. The third-order valence-corrected chi connectivity index (χ3v) is 10.7. The van der Waals surface area contributed by atoms with Crippen molar-refractivity contribution < 1.29 is 9.16 Å². The minimum absolute atomic E-state index is 0.0598. The molecule has 146 valence electrons. The summed E-state index contributed by atoms with van der Waals surface area (Å²) in [6.45, 7) is 8.78. The number of benzene rings is 2. The first-order valence-corrected chi connectivity index (χ1v) is 12.3. The molecule has 1 atom stereocenters. The quantitative estimate of drug-likeness (QED) is 0.477. The zero-order chi connectivity index (χ0) is 19.2. The van der Waals surface area contributed by atoms with Crippen LogP contribution in [0.25, 0.3) is 0 Å². The Kier molecular flexibility index (Phi) is 6.91. The van der Waals surface area contributed by atoms with Crippen molar-refractivity contribution in [2.45, 2.75) is 64.0 Å². The van der Waals surface area contributed by atoms with Gasteiger partial charge in [0.15, 0.2) is 0 Å². The van der Waals surface area contributed by atoms with E-state index < -0.39 is 8.32 Å². The molecule has 27 heavy (non-hydrogen) atoms. The standard InChI is InChI=1S/C24H34O2Si/c1-24(2,3)27(22-15-6-4-7-16-22,23-17-8-5-9-18-23)26-20-11-10-13-21-14-12-19-25-21/h4-9,15-18,21H,10-14,19-20H2,1-3H3/t21-/m1/s1. The van der Waals surface area contributed by atoms with Crippen LogP contribution in [0.3, 0.4) is 0 Å². The molecule has 0 bridgehead atoms. The van der Waals surface area contributed by atoms with Gasteiger partial charge >= 0.3 is 0 Å². The Labute approximate surface area is 166 Å². The molecule has 1 heterocycles. The van der Waals surface area contributed by atoms with Gasteiger partial charge in [-0.15, -0.1) is 0 Å². The van der Waals surface area contributed by atoms with E-state index in [9.17, 15) is 0 Å². The summed E-state index contributed by atoms with van der Waals surface area (Å²) in [5.74, 6) is 0. The molecule has 0 amide bonds. The second kappa shape index (κ2) is 9.18. The molecule has 2 nitrogen and oxygen atoms in total. The topological polar surface area (TPSA) is 18.5 Å². The number of hydrogen-bond acceptors (Lipinski definition) is 2. The maximum atomic E-state index is 6.93. The van der Waals surface area contributed by atoms with Crippen molar-refractivity contribution in [3.63, 3.8) is 0 Å². The minimum atomic E-state index is -2.36. The van der Waals surface area contributed by atoms with E-state index in [-0.39, 0.29) is 5.04 Å². The van der Waals surface area contributed by atoms with E-state index in [1.807, 2.05) is 0 Å². The summed E-state index contributed by atoms with van der Waals surface area (Å²) in [6.07, 6.45) is 6.40. The Balaban J connectivity index is 1.78. The second-order valence-corrected chi connectivity index (χ2v) is 12.9. The SMILES string of the molecule is CC(C)(C)[Si](OCCCC[C@@H]1CCCO1)(c1ccccc1)c1ccccc1. The van der Waals surface area contributed by atoms with Gasteiger partial charge in [-0.1, -0.05) is 81.4 Å². The summed E-state index contributed by atoms with van der Waals surface area (Å²) in [7, 11) is -2.36. The Morgan fingerprint density at radius 2 is 1.52 bits per heavy atom. The average Bonchev–Trinajstić information content (AvgIpc) is 3.19. The lowest BCUT2D eigenvalue weighted by Crippen LogP contribution is -2.66. The van der Waals surface area contributed by atoms with Gasteiger partial charge < -0.3 is 9.16 Å². The van der Waals surface area contributed by atoms with Crippen molar-refractivity contribution in [3.8, 4) is 0 Å². The van der Waals surface area contributed by atoms with Gasteiger partial charge in [-0.05, 0) is 47.5 Å². The number of hydrogen-bond donors (Lipinski definition) is 0. The van der Waals surface area contributed by atoms with Crippen LogP contribution in [0.1, 0.15) is 52.9 Å². The predicted molar refractivity (Wildman–Crippen MR) is 116 cm³/mol. The lowest BCUT2D eigenvalue weighted by molar-refractivity contribution is 0.101. The molecule has 0 aromatic heterocycles. The van der Waals surface area contributed by atoms with Crippen molar-refractivity contribution in [2.24, 2.45) is 0 Å². The van der Waals surface area contributed by atoms with Crippen molar-refractivity contribution in [2.75, 3.05) is 13.2 Å². The molecule has 0 spiro atoms. The van der Waals surface area contributed by atoms with Crippen LogP contribution in [-0.2, 0) is 9.16 Å². The summed E-state index contributed by atoms with van der Waals surface area (Å²) in [5.41, 5.74) is 0. The van der Waals surface area contributed by atoms with E-state index in [1.165, 1.54) is 36.1 Å². The fourth-order valence-corrected chi connectivity index (χ4v) is 8.94. The zero-order valence-electron chi connectivity index (χ0n) is 17.1. The molecule has 1 saturated heterocycles. The maximum Gasteiger partial charge on any atom is 0.261 e. The lowest BCUT2D eigenvalue weighted by Gasteiger charge is -2.43. The molecule has 0 N–H and O–H groups in total. The van der Waals surface area contributed by atoms with Gasteiger partial charge in [0, 0.05) is 13.2 Å². The normalized spacial score (nSPS) is 18.0. The molecular weight excluding hydrogens is 348 g/mol. The third-order valence-electron chi connectivity index (χ3n) is 5.68. The first-order chi connectivity index (χ1) is 13.0. The highest BCUT2D eigenvalue weighted by Gasteiger charge is 2.49. The van der Waals surface area contributed by atoms with E-state index >= 15 is 0 Å². The van der Waals surface area contributed by atoms with Gasteiger partial charge in [0.05, 0.1) is 6.10 Å². The van der Waals surface area contributed by atoms with E-state index in [1.54, 1.807) is 0 Å². The fourth-order valence-electron chi connectivity index (χ4n) is 4.33. The molecule has 3 rings (SSSR count). The van der Waals surface area contributed by atoms with Crippen molar-refractivity contribution in [1.29, 1.82) is 0 Å². The summed E-state index contributed by atoms with van der Waals surface area (Å²) in [4.78, 5) is 0. The molecule has 2 aromatic carbocycles. The Hall–Kier alpha value is -1.42. The highest BCUT2D eigenvalue weighted by atomic mass is 28.4. The summed E-state index contributed by atoms with van der Waals surface area (Å²) in [5, 5.41) is 2.79. The number of unbranched alkanes of at least 4 members (excludes halogenated alkanes) is 1. The van der Waals surface area contributed by atoms with Crippen LogP contribution in [0.2, 0.25) is 5.04 Å². The van der Waals surface area contributed by atoms with Crippen molar-refractivity contribution >= 4 is 18.7 Å². The van der Waals surface area contributed by atoms with Gasteiger partial charge in [0.1, 0.15) is 0 Å². The molecule has 2 aromatic rings. The lowest BCUT2D eigenvalue weighted by atomic mass is 10.1. The van der Waals surface area contributed by atoms with Gasteiger partial charge in [0.2, 0.25) is 0 Å². The molecule has 0 unspecified atom stereocenters. The summed E-state index contributed by atoms with van der Waals surface area (Å²) >= 11 is 0. The number of ether oxygens (including phenoxy) is 1. The van der Waals surface area contributed by atoms with E-state index in [4.69, 9.17) is 9.16 Å². The van der Waals surface area contributed by atoms with Crippen LogP contribution < -0.4 is 10.4 Å². The van der Waals surface area contributed by atoms with E-state index in [2.05, 4.69) is 81.4 Å². The Bertz CT molecular complexity index is 633. The molecule has 1 aliphatic heterocycles. The molecule has 1 fully saturated rings. The fraction of sp³-hybridized carbons (Fsp3) is 0.500. The smallest absolute Gasteiger partial charge is 0.261 e. The average molecular weight is 383 g/mol. The maximum absolute atomic E-state index is 6.93. The largest absolute Gasteiger partial charge is 0.407 e. The second-order valence-electron chi connectivity index (χ2n) is 8.64. The first kappa shape index (κ1) is 20.3. The highest BCUT2D eigenvalue weighted by Crippen LogP contribution is 2.36. The van der Waals surface area contributed by atoms with E-state index in [0.717, 1.165) is 19.6 Å². The molecule has 1 aliphatic rings. The minimum Gasteiger partial charge on any atom is -0.407 e. The van der Waals surface area contributed by atoms with Crippen LogP contribution in [0.4, 0.5) is 0 Å². The van der Waals surface area contributed by atoms with Crippen LogP contribution in [0.15, 0.2) is 60.7 Å². The van der Waals surface area contributed by atoms with Gasteiger partial charge in [-0.2, -0.15) is 0 Å². The predicted octanol–water partition coefficient (Wildman–Crippen LogP) is 4.91. The van der Waals surface area contributed by atoms with Crippen LogP contribution >= 0.6 is 0 Å². The molecule has 3 heteroatoms.